The van der Waals surface area contributed by atoms with Crippen molar-refractivity contribution >= 4 is 11.9 Å². The molecule has 0 aromatic carbocycles. The van der Waals surface area contributed by atoms with Crippen LogP contribution in [0, 0.1) is 0 Å². The number of halogens is 3. The molecule has 9 nitrogen and oxygen atoms in total. The lowest BCUT2D eigenvalue weighted by molar-refractivity contribution is -0.213. The lowest BCUT2D eigenvalue weighted by Gasteiger charge is -2.37. The van der Waals surface area contributed by atoms with Gasteiger partial charge in [-0.05, 0) is 32.1 Å². The van der Waals surface area contributed by atoms with E-state index in [4.69, 9.17) is 19.5 Å². The van der Waals surface area contributed by atoms with E-state index in [-0.39, 0.29) is 18.1 Å². The van der Waals surface area contributed by atoms with Gasteiger partial charge in [0.1, 0.15) is 6.10 Å². The van der Waals surface area contributed by atoms with E-state index in [9.17, 15) is 18.0 Å². The molecular formula is C19H27F3N4O5. The lowest BCUT2D eigenvalue weighted by Crippen LogP contribution is -2.49. The van der Waals surface area contributed by atoms with E-state index < -0.39 is 12.1 Å². The van der Waals surface area contributed by atoms with Gasteiger partial charge in [0.05, 0.1) is 18.9 Å². The highest BCUT2D eigenvalue weighted by Gasteiger charge is 2.43. The first-order valence-electron chi connectivity index (χ1n) is 10.3. The maximum atomic E-state index is 12.6. The summed E-state index contributed by atoms with van der Waals surface area (Å²) in [5.74, 6) is -2.74. The minimum Gasteiger partial charge on any atom is -0.475 e. The molecule has 3 fully saturated rings. The molecule has 3 aliphatic heterocycles. The largest absolute Gasteiger partial charge is 0.490 e. The number of carbonyl (C=O) groups is 2. The Morgan fingerprint density at radius 1 is 1.23 bits per heavy atom. The molecule has 174 valence electrons. The van der Waals surface area contributed by atoms with E-state index in [1.165, 1.54) is 10.6 Å². The van der Waals surface area contributed by atoms with Crippen molar-refractivity contribution < 1.29 is 37.4 Å². The smallest absolute Gasteiger partial charge is 0.475 e. The molecule has 1 aromatic rings. The van der Waals surface area contributed by atoms with E-state index >= 15 is 0 Å². The third kappa shape index (κ3) is 6.17. The Bertz CT molecular complexity index is 766. The molecule has 1 aromatic heterocycles. The Balaban J connectivity index is 0.000000339. The average Bonchev–Trinajstić information content (AvgIpc) is 3.33. The van der Waals surface area contributed by atoms with E-state index in [1.807, 2.05) is 17.9 Å². The molecule has 4 rings (SSSR count). The van der Waals surface area contributed by atoms with Gasteiger partial charge < -0.3 is 9.84 Å². The number of aromatic nitrogens is 2. The maximum Gasteiger partial charge on any atom is 0.490 e. The van der Waals surface area contributed by atoms with Crippen LogP contribution in [0.4, 0.5) is 13.2 Å². The summed E-state index contributed by atoms with van der Waals surface area (Å²) in [6.07, 6.45) is 3.58. The van der Waals surface area contributed by atoms with Crippen LogP contribution in [0.25, 0.3) is 0 Å². The van der Waals surface area contributed by atoms with Gasteiger partial charge >= 0.3 is 12.1 Å². The normalized spacial score (nSPS) is 26.7. The zero-order valence-electron chi connectivity index (χ0n) is 17.3. The van der Waals surface area contributed by atoms with Gasteiger partial charge in [0, 0.05) is 44.5 Å². The molecule has 0 radical (unpaired) electrons. The van der Waals surface area contributed by atoms with Gasteiger partial charge in [0.2, 0.25) is 0 Å². The Labute approximate surface area is 177 Å². The monoisotopic (exact) mass is 448 g/mol. The van der Waals surface area contributed by atoms with Crippen LogP contribution in [0.15, 0.2) is 12.4 Å². The fourth-order valence-electron chi connectivity index (χ4n) is 4.11. The molecule has 3 atom stereocenters. The highest BCUT2D eigenvalue weighted by atomic mass is 19.4. The summed E-state index contributed by atoms with van der Waals surface area (Å²) >= 11 is 0. The number of rotatable bonds is 3. The summed E-state index contributed by atoms with van der Waals surface area (Å²) < 4.78 is 39.7. The molecule has 4 heterocycles. The quantitative estimate of drug-likeness (QED) is 0.752. The number of carbonyl (C=O) groups excluding carboxylic acids is 1. The Hall–Kier alpha value is -2.18. The van der Waals surface area contributed by atoms with Crippen LogP contribution in [-0.4, -0.2) is 80.8 Å². The van der Waals surface area contributed by atoms with E-state index in [0.717, 1.165) is 45.2 Å². The number of fused-ring (bicyclic) bond motifs is 1. The molecule has 0 spiro atoms. The summed E-state index contributed by atoms with van der Waals surface area (Å²) in [6, 6.07) is 0.413. The molecule has 3 aliphatic rings. The van der Waals surface area contributed by atoms with E-state index in [1.54, 1.807) is 0 Å². The molecule has 3 saturated heterocycles. The van der Waals surface area contributed by atoms with Crippen molar-refractivity contribution in [1.29, 1.82) is 0 Å². The molecule has 1 N–H and O–H groups in total. The van der Waals surface area contributed by atoms with Crippen LogP contribution in [0.2, 0.25) is 0 Å². The number of hydrogen-bond acceptors (Lipinski definition) is 6. The first kappa shape index (κ1) is 23.5. The van der Waals surface area contributed by atoms with Crippen LogP contribution < -0.4 is 0 Å². The number of amides is 1. The SMILES string of the molecule is Cn1cc(CN2CC[C@H]3O[C@@H](C(=O)N4CCCCO4)CC[C@H]32)cn1.O=C(O)C(F)(F)F. The number of carboxylic acid groups (broad SMARTS) is 1. The predicted octanol–water partition coefficient (Wildman–Crippen LogP) is 1.73. The van der Waals surface area contributed by atoms with Crippen molar-refractivity contribution in [3.8, 4) is 0 Å². The van der Waals surface area contributed by atoms with Crippen molar-refractivity contribution in [2.75, 3.05) is 19.7 Å². The van der Waals surface area contributed by atoms with Gasteiger partial charge in [-0.3, -0.25) is 19.2 Å². The second-order valence-corrected chi connectivity index (χ2v) is 7.87. The fourth-order valence-corrected chi connectivity index (χ4v) is 4.11. The number of ether oxygens (including phenoxy) is 1. The van der Waals surface area contributed by atoms with Gasteiger partial charge in [-0.1, -0.05) is 0 Å². The maximum absolute atomic E-state index is 12.6. The third-order valence-corrected chi connectivity index (χ3v) is 5.57. The number of hydroxylamine groups is 2. The number of nitrogens with zero attached hydrogens (tertiary/aromatic N) is 4. The van der Waals surface area contributed by atoms with Crippen molar-refractivity contribution in [1.82, 2.24) is 19.7 Å². The zero-order valence-corrected chi connectivity index (χ0v) is 17.3. The third-order valence-electron chi connectivity index (χ3n) is 5.57. The van der Waals surface area contributed by atoms with E-state index in [0.29, 0.717) is 19.2 Å². The van der Waals surface area contributed by atoms with Crippen molar-refractivity contribution in [2.24, 2.45) is 7.05 Å². The molecular weight excluding hydrogens is 421 g/mol. The van der Waals surface area contributed by atoms with Crippen LogP contribution >= 0.6 is 0 Å². The second kappa shape index (κ2) is 9.96. The first-order chi connectivity index (χ1) is 14.6. The summed E-state index contributed by atoms with van der Waals surface area (Å²) in [4.78, 5) is 29.4. The minimum absolute atomic E-state index is 0.0128. The summed E-state index contributed by atoms with van der Waals surface area (Å²) in [6.45, 7) is 3.26. The van der Waals surface area contributed by atoms with Crippen molar-refractivity contribution in [3.63, 3.8) is 0 Å². The molecule has 1 amide bonds. The molecule has 31 heavy (non-hydrogen) atoms. The van der Waals surface area contributed by atoms with Gasteiger partial charge in [0.15, 0.2) is 0 Å². The van der Waals surface area contributed by atoms with Crippen LogP contribution in [0.1, 0.15) is 37.7 Å². The highest BCUT2D eigenvalue weighted by Crippen LogP contribution is 2.33. The van der Waals surface area contributed by atoms with E-state index in [2.05, 4.69) is 16.2 Å². The Kier molecular flexibility index (Phi) is 7.55. The van der Waals surface area contributed by atoms with Gasteiger partial charge in [-0.25, -0.2) is 9.86 Å². The standard InChI is InChI=1S/C17H26N4O3.C2HF3O2/c1-19-11-13(10-18-19)12-20-8-6-15-14(20)4-5-16(24-15)17(22)21-7-2-3-9-23-21;3-2(4,5)1(6)7/h10-11,14-16H,2-9,12H2,1H3;(H,6,7)/t14-,15-,16-;/m1./s1. The highest BCUT2D eigenvalue weighted by molar-refractivity contribution is 5.80. The Morgan fingerprint density at radius 2 is 1.97 bits per heavy atom. The zero-order chi connectivity index (χ0) is 22.6. The fraction of sp³-hybridized carbons (Fsp3) is 0.737. The predicted molar refractivity (Wildman–Crippen MR) is 101 cm³/mol. The minimum atomic E-state index is -5.08. The number of likely N-dealkylation sites (tertiary alicyclic amines) is 1. The molecule has 0 saturated carbocycles. The molecule has 0 unspecified atom stereocenters. The van der Waals surface area contributed by atoms with Crippen LogP contribution in [0.5, 0.6) is 0 Å². The molecule has 0 bridgehead atoms. The van der Waals surface area contributed by atoms with Crippen molar-refractivity contribution in [2.45, 2.75) is 63.1 Å². The molecule has 12 heteroatoms. The lowest BCUT2D eigenvalue weighted by atomic mass is 9.98. The van der Waals surface area contributed by atoms with Crippen molar-refractivity contribution in [3.05, 3.63) is 18.0 Å². The van der Waals surface area contributed by atoms with Crippen LogP contribution in [-0.2, 0) is 32.8 Å². The topological polar surface area (TPSA) is 97.1 Å². The number of hydrogen-bond donors (Lipinski definition) is 1. The first-order valence-corrected chi connectivity index (χ1v) is 10.3. The van der Waals surface area contributed by atoms with Gasteiger partial charge in [-0.15, -0.1) is 0 Å². The van der Waals surface area contributed by atoms with Gasteiger partial charge in [-0.2, -0.15) is 18.3 Å². The summed E-state index contributed by atoms with van der Waals surface area (Å²) in [5.41, 5.74) is 1.23. The molecule has 0 aliphatic carbocycles. The summed E-state index contributed by atoms with van der Waals surface area (Å²) in [5, 5.41) is 12.9. The van der Waals surface area contributed by atoms with Crippen LogP contribution in [0.3, 0.4) is 0 Å². The Morgan fingerprint density at radius 3 is 2.55 bits per heavy atom. The van der Waals surface area contributed by atoms with Gasteiger partial charge in [0.25, 0.3) is 5.91 Å². The average molecular weight is 448 g/mol. The number of aryl methyl sites for hydroxylation is 1. The number of alkyl halides is 3. The second-order valence-electron chi connectivity index (χ2n) is 7.87. The summed E-state index contributed by atoms with van der Waals surface area (Å²) in [7, 11) is 1.94. The number of carboxylic acids is 1. The number of aliphatic carboxylic acids is 1.